The molecule has 0 amide bonds. The van der Waals surface area contributed by atoms with Gasteiger partial charge in [-0.3, -0.25) is 9.98 Å². The fourth-order valence-electron chi connectivity index (χ4n) is 4.27. The number of rotatable bonds is 11. The van der Waals surface area contributed by atoms with Crippen LogP contribution >= 0.6 is 0 Å². The van der Waals surface area contributed by atoms with E-state index < -0.39 is 8.80 Å². The SMILES string of the molecule is CO[Si](CCCC(C(C)=Nc1c(C)cccc1C)C(C)=Nc1c(C)cccc1C)(OC)OC. The highest BCUT2D eigenvalue weighted by Gasteiger charge is 2.37. The van der Waals surface area contributed by atoms with Gasteiger partial charge in [0, 0.05) is 44.7 Å². The van der Waals surface area contributed by atoms with Crippen LogP contribution in [0.15, 0.2) is 46.4 Å². The molecule has 0 aliphatic carbocycles. The molecular formula is C27H40N2O3Si. The molecule has 33 heavy (non-hydrogen) atoms. The number of aryl methyl sites for hydroxylation is 4. The number of aliphatic imine (C=N–C) groups is 2. The zero-order valence-electron chi connectivity index (χ0n) is 21.8. The van der Waals surface area contributed by atoms with Gasteiger partial charge in [0.25, 0.3) is 0 Å². The Morgan fingerprint density at radius 3 is 1.42 bits per heavy atom. The molecular weight excluding hydrogens is 428 g/mol. The van der Waals surface area contributed by atoms with Gasteiger partial charge in [-0.1, -0.05) is 36.4 Å². The predicted octanol–water partition coefficient (Wildman–Crippen LogP) is 7.08. The number of hydrogen-bond donors (Lipinski definition) is 0. The zero-order valence-corrected chi connectivity index (χ0v) is 22.8. The molecule has 0 heterocycles. The molecule has 0 saturated carbocycles. The van der Waals surface area contributed by atoms with Gasteiger partial charge >= 0.3 is 8.80 Å². The summed E-state index contributed by atoms with van der Waals surface area (Å²) in [7, 11) is 2.38. The second-order valence-electron chi connectivity index (χ2n) is 8.73. The predicted molar refractivity (Wildman–Crippen MR) is 142 cm³/mol. The summed E-state index contributed by atoms with van der Waals surface area (Å²) >= 11 is 0. The van der Waals surface area contributed by atoms with Crippen molar-refractivity contribution >= 4 is 31.6 Å². The lowest BCUT2D eigenvalue weighted by molar-refractivity contribution is 0.122. The van der Waals surface area contributed by atoms with Crippen molar-refractivity contribution < 1.29 is 13.3 Å². The summed E-state index contributed by atoms with van der Waals surface area (Å²) in [5, 5.41) is 0. The maximum Gasteiger partial charge on any atom is 0.500 e. The molecule has 0 aliphatic heterocycles. The molecule has 5 nitrogen and oxygen atoms in total. The normalized spacial score (nSPS) is 14.0. The second-order valence-corrected chi connectivity index (χ2v) is 11.8. The van der Waals surface area contributed by atoms with E-state index in [2.05, 4.69) is 77.9 Å². The minimum Gasteiger partial charge on any atom is -0.377 e. The average molecular weight is 469 g/mol. The smallest absolute Gasteiger partial charge is 0.377 e. The molecule has 0 atom stereocenters. The molecule has 0 radical (unpaired) electrons. The lowest BCUT2D eigenvalue weighted by Gasteiger charge is -2.25. The van der Waals surface area contributed by atoms with E-state index in [9.17, 15) is 0 Å². The summed E-state index contributed by atoms with van der Waals surface area (Å²) < 4.78 is 16.9. The Balaban J connectivity index is 2.43. The molecule has 2 aromatic rings. The molecule has 0 bridgehead atoms. The van der Waals surface area contributed by atoms with Crippen LogP contribution in [0, 0.1) is 33.6 Å². The van der Waals surface area contributed by atoms with Crippen LogP contribution in [0.2, 0.25) is 6.04 Å². The largest absolute Gasteiger partial charge is 0.500 e. The van der Waals surface area contributed by atoms with Crippen molar-refractivity contribution in [2.45, 2.75) is 60.4 Å². The second kappa shape index (κ2) is 12.4. The first kappa shape index (κ1) is 27.1. The lowest BCUT2D eigenvalue weighted by Crippen LogP contribution is -2.42. The van der Waals surface area contributed by atoms with E-state index in [0.29, 0.717) is 0 Å². The van der Waals surface area contributed by atoms with Crippen LogP contribution in [0.25, 0.3) is 0 Å². The Labute approximate surface area is 201 Å². The van der Waals surface area contributed by atoms with Gasteiger partial charge in [-0.05, 0) is 76.6 Å². The molecule has 0 saturated heterocycles. The van der Waals surface area contributed by atoms with Gasteiger partial charge in [-0.25, -0.2) is 0 Å². The van der Waals surface area contributed by atoms with Gasteiger partial charge in [0.15, 0.2) is 0 Å². The Bertz CT molecular complexity index is 881. The summed E-state index contributed by atoms with van der Waals surface area (Å²) in [6.07, 6.45) is 1.79. The summed E-state index contributed by atoms with van der Waals surface area (Å²) in [5.74, 6) is 0.111. The third-order valence-corrected chi connectivity index (χ3v) is 9.20. The van der Waals surface area contributed by atoms with Crippen molar-refractivity contribution in [2.24, 2.45) is 15.9 Å². The van der Waals surface area contributed by atoms with E-state index in [0.717, 1.165) is 41.7 Å². The molecule has 6 heteroatoms. The number of para-hydroxylation sites is 2. The van der Waals surface area contributed by atoms with Gasteiger partial charge in [-0.15, -0.1) is 0 Å². The third-order valence-electron chi connectivity index (χ3n) is 6.37. The monoisotopic (exact) mass is 468 g/mol. The first-order valence-corrected chi connectivity index (χ1v) is 13.5. The highest BCUT2D eigenvalue weighted by molar-refractivity contribution is 6.60. The molecule has 0 aliphatic rings. The maximum absolute atomic E-state index is 5.63. The molecule has 0 spiro atoms. The fraction of sp³-hybridized carbons (Fsp3) is 0.481. The van der Waals surface area contributed by atoms with Crippen molar-refractivity contribution in [1.29, 1.82) is 0 Å². The molecule has 2 aromatic carbocycles. The Morgan fingerprint density at radius 1 is 0.727 bits per heavy atom. The van der Waals surface area contributed by atoms with Crippen LogP contribution in [-0.2, 0) is 13.3 Å². The Morgan fingerprint density at radius 2 is 1.09 bits per heavy atom. The van der Waals surface area contributed by atoms with Gasteiger partial charge in [0.05, 0.1) is 11.4 Å². The van der Waals surface area contributed by atoms with E-state index in [-0.39, 0.29) is 5.92 Å². The maximum atomic E-state index is 5.63. The summed E-state index contributed by atoms with van der Waals surface area (Å²) in [4.78, 5) is 10.2. The highest BCUT2D eigenvalue weighted by atomic mass is 28.4. The topological polar surface area (TPSA) is 52.4 Å². The van der Waals surface area contributed by atoms with Crippen molar-refractivity contribution in [2.75, 3.05) is 21.3 Å². The van der Waals surface area contributed by atoms with Gasteiger partial charge < -0.3 is 13.3 Å². The summed E-state index contributed by atoms with van der Waals surface area (Å²) in [5.41, 5.74) is 8.97. The zero-order chi connectivity index (χ0) is 24.6. The number of nitrogens with zero attached hydrogens (tertiary/aromatic N) is 2. The molecule has 0 aromatic heterocycles. The third kappa shape index (κ3) is 6.93. The number of hydrogen-bond acceptors (Lipinski definition) is 5. The number of benzene rings is 2. The Hall–Kier alpha value is -2.12. The van der Waals surface area contributed by atoms with E-state index in [1.165, 1.54) is 22.3 Å². The van der Waals surface area contributed by atoms with Gasteiger partial charge in [0.1, 0.15) is 0 Å². The van der Waals surface area contributed by atoms with Crippen molar-refractivity contribution in [3.05, 3.63) is 58.7 Å². The van der Waals surface area contributed by atoms with E-state index in [1.54, 1.807) is 21.3 Å². The molecule has 0 unspecified atom stereocenters. The van der Waals surface area contributed by atoms with Crippen molar-refractivity contribution in [1.82, 2.24) is 0 Å². The minimum absolute atomic E-state index is 0.111. The standard InChI is InChI=1S/C27H40N2O3Si/c1-19-13-10-14-20(2)26(19)28-23(5)25(17-12-18-33(30-7,31-8)32-9)24(6)29-27-21(3)15-11-16-22(27)4/h10-11,13-16,25H,12,17-18H2,1-9H3. The van der Waals surface area contributed by atoms with Crippen molar-refractivity contribution in [3.63, 3.8) is 0 Å². The van der Waals surface area contributed by atoms with Crippen LogP contribution in [0.5, 0.6) is 0 Å². The fourth-order valence-corrected chi connectivity index (χ4v) is 6.02. The van der Waals surface area contributed by atoms with E-state index in [4.69, 9.17) is 23.3 Å². The quantitative estimate of drug-likeness (QED) is 0.261. The van der Waals surface area contributed by atoms with Gasteiger partial charge in [-0.2, -0.15) is 0 Å². The van der Waals surface area contributed by atoms with E-state index >= 15 is 0 Å². The highest BCUT2D eigenvalue weighted by Crippen LogP contribution is 2.29. The molecule has 180 valence electrons. The first-order valence-electron chi connectivity index (χ1n) is 11.6. The van der Waals surface area contributed by atoms with Crippen LogP contribution in [0.3, 0.4) is 0 Å². The van der Waals surface area contributed by atoms with Gasteiger partial charge in [0.2, 0.25) is 0 Å². The molecule has 0 fully saturated rings. The average Bonchev–Trinajstić information content (AvgIpc) is 2.79. The van der Waals surface area contributed by atoms with Crippen molar-refractivity contribution in [3.8, 4) is 0 Å². The summed E-state index contributed by atoms with van der Waals surface area (Å²) in [6.45, 7) is 12.7. The van der Waals surface area contributed by atoms with Crippen LogP contribution in [0.4, 0.5) is 11.4 Å². The first-order chi connectivity index (χ1) is 15.7. The molecule has 2 rings (SSSR count). The van der Waals surface area contributed by atoms with Crippen LogP contribution in [-0.4, -0.2) is 41.6 Å². The van der Waals surface area contributed by atoms with Crippen LogP contribution in [0.1, 0.15) is 48.9 Å². The lowest BCUT2D eigenvalue weighted by atomic mass is 9.93. The van der Waals surface area contributed by atoms with E-state index in [1.807, 2.05) is 0 Å². The molecule has 0 N–H and O–H groups in total. The Kier molecular flexibility index (Phi) is 10.2. The van der Waals surface area contributed by atoms with Crippen LogP contribution < -0.4 is 0 Å². The minimum atomic E-state index is -2.62. The summed E-state index contributed by atoms with van der Waals surface area (Å²) in [6, 6.07) is 13.4.